The number of hydrogen-bond acceptors (Lipinski definition) is 2. The zero-order chi connectivity index (χ0) is 9.10. The molecule has 0 saturated carbocycles. The normalized spacial score (nSPS) is 9.77. The molecule has 1 aromatic heterocycles. The molecule has 1 nitrogen and oxygen atoms in total. The van der Waals surface area contributed by atoms with Crippen LogP contribution in [-0.4, -0.2) is 6.54 Å². The number of terminal acetylenes is 1. The average molecular weight is 187 g/mol. The van der Waals surface area contributed by atoms with Crippen molar-refractivity contribution < 1.29 is 0 Å². The van der Waals surface area contributed by atoms with Crippen LogP contribution in [0.5, 0.6) is 0 Å². The van der Waals surface area contributed by atoms with E-state index in [1.807, 2.05) is 0 Å². The van der Waals surface area contributed by atoms with E-state index in [9.17, 15) is 0 Å². The van der Waals surface area contributed by atoms with Crippen LogP contribution >= 0.6 is 11.3 Å². The zero-order valence-electron chi connectivity index (χ0n) is 7.08. The van der Waals surface area contributed by atoms with Crippen LogP contribution in [0, 0.1) is 12.3 Å². The molecule has 0 radical (unpaired) electrons. The Labute approximate surface area is 81.4 Å². The first-order valence-corrected chi connectivity index (χ1v) is 4.93. The van der Waals surface area contributed by atoms with E-state index >= 15 is 0 Å². The maximum absolute atomic E-state index is 5.16. The molecule has 0 amide bonds. The van der Waals surface area contributed by atoms with Crippen LogP contribution in [0.2, 0.25) is 0 Å². The number of anilines is 1. The molecule has 1 N–H and O–H groups in total. The van der Waals surface area contributed by atoms with Gasteiger partial charge in [-0.25, -0.2) is 0 Å². The first-order valence-electron chi connectivity index (χ1n) is 4.05. The van der Waals surface area contributed by atoms with Crippen LogP contribution < -0.4 is 5.32 Å². The summed E-state index contributed by atoms with van der Waals surface area (Å²) in [5.41, 5.74) is 1.09. The second-order valence-corrected chi connectivity index (χ2v) is 3.68. The second kappa shape index (κ2) is 3.51. The lowest BCUT2D eigenvalue weighted by Gasteiger charge is -2.01. The summed E-state index contributed by atoms with van der Waals surface area (Å²) >= 11 is 1.75. The third kappa shape index (κ3) is 1.66. The van der Waals surface area contributed by atoms with Gasteiger partial charge in [-0.15, -0.1) is 17.8 Å². The third-order valence-electron chi connectivity index (χ3n) is 1.85. The van der Waals surface area contributed by atoms with E-state index < -0.39 is 0 Å². The maximum Gasteiger partial charge on any atom is 0.0763 e. The Morgan fingerprint density at radius 3 is 3.15 bits per heavy atom. The molecule has 1 aromatic carbocycles. The molecule has 64 valence electrons. The molecule has 0 aliphatic carbocycles. The maximum atomic E-state index is 5.16. The number of thiophene rings is 1. The van der Waals surface area contributed by atoms with Gasteiger partial charge in [-0.1, -0.05) is 5.92 Å². The van der Waals surface area contributed by atoms with Gasteiger partial charge in [0, 0.05) is 10.4 Å². The minimum absolute atomic E-state index is 0.579. The fourth-order valence-corrected chi connectivity index (χ4v) is 2.00. The fraction of sp³-hybridized carbons (Fsp3) is 0.0909. The van der Waals surface area contributed by atoms with Crippen LogP contribution in [0.4, 0.5) is 5.69 Å². The monoisotopic (exact) mass is 187 g/mol. The van der Waals surface area contributed by atoms with Crippen LogP contribution in [0.15, 0.2) is 29.6 Å². The predicted octanol–water partition coefficient (Wildman–Crippen LogP) is 2.95. The molecule has 0 spiro atoms. The Morgan fingerprint density at radius 1 is 1.38 bits per heavy atom. The molecular weight excluding hydrogens is 178 g/mol. The van der Waals surface area contributed by atoms with E-state index in [0.29, 0.717) is 6.54 Å². The standard InChI is InChI=1S/C11H9NS/c1-2-6-12-10-3-4-11-9(8-10)5-7-13-11/h1,3-5,7-8,12H,6H2. The Kier molecular flexibility index (Phi) is 2.20. The molecule has 1 heterocycles. The molecule has 2 heteroatoms. The van der Waals surface area contributed by atoms with E-state index in [-0.39, 0.29) is 0 Å². The first kappa shape index (κ1) is 8.15. The number of nitrogens with one attached hydrogen (secondary N) is 1. The summed E-state index contributed by atoms with van der Waals surface area (Å²) in [5.74, 6) is 2.55. The highest BCUT2D eigenvalue weighted by Crippen LogP contribution is 2.23. The van der Waals surface area contributed by atoms with Gasteiger partial charge in [0.25, 0.3) is 0 Å². The Morgan fingerprint density at radius 2 is 2.31 bits per heavy atom. The number of fused-ring (bicyclic) bond motifs is 1. The van der Waals surface area contributed by atoms with Gasteiger partial charge < -0.3 is 5.32 Å². The lowest BCUT2D eigenvalue weighted by molar-refractivity contribution is 1.39. The minimum atomic E-state index is 0.579. The molecule has 0 aliphatic heterocycles. The molecule has 0 fully saturated rings. The summed E-state index contributed by atoms with van der Waals surface area (Å²) in [5, 5.41) is 6.51. The highest BCUT2D eigenvalue weighted by Gasteiger charge is 1.95. The van der Waals surface area contributed by atoms with Crippen LogP contribution in [-0.2, 0) is 0 Å². The smallest absolute Gasteiger partial charge is 0.0763 e. The molecule has 0 bridgehead atoms. The lowest BCUT2D eigenvalue weighted by Crippen LogP contribution is -1.97. The summed E-state index contributed by atoms with van der Waals surface area (Å²) in [7, 11) is 0. The number of hydrogen-bond donors (Lipinski definition) is 1. The van der Waals surface area contributed by atoms with Gasteiger partial charge in [-0.05, 0) is 35.0 Å². The molecule has 2 rings (SSSR count). The Hall–Kier alpha value is -1.46. The molecule has 0 unspecified atom stereocenters. The average Bonchev–Trinajstić information content (AvgIpc) is 2.61. The second-order valence-electron chi connectivity index (χ2n) is 2.73. The highest BCUT2D eigenvalue weighted by molar-refractivity contribution is 7.17. The van der Waals surface area contributed by atoms with Crippen molar-refractivity contribution in [2.75, 3.05) is 11.9 Å². The van der Waals surface area contributed by atoms with Crippen LogP contribution in [0.25, 0.3) is 10.1 Å². The van der Waals surface area contributed by atoms with E-state index in [4.69, 9.17) is 6.42 Å². The third-order valence-corrected chi connectivity index (χ3v) is 2.74. The van der Waals surface area contributed by atoms with Crippen molar-refractivity contribution in [2.24, 2.45) is 0 Å². The summed E-state index contributed by atoms with van der Waals surface area (Å²) in [6, 6.07) is 8.39. The van der Waals surface area contributed by atoms with Gasteiger partial charge in [0.2, 0.25) is 0 Å². The van der Waals surface area contributed by atoms with Gasteiger partial charge in [0.1, 0.15) is 0 Å². The Bertz CT molecular complexity index is 450. The largest absolute Gasteiger partial charge is 0.374 e. The quantitative estimate of drug-likeness (QED) is 0.713. The van der Waals surface area contributed by atoms with Crippen LogP contribution in [0.1, 0.15) is 0 Å². The van der Waals surface area contributed by atoms with Crippen molar-refractivity contribution in [3.63, 3.8) is 0 Å². The van der Waals surface area contributed by atoms with E-state index in [1.54, 1.807) is 11.3 Å². The van der Waals surface area contributed by atoms with E-state index in [0.717, 1.165) is 5.69 Å². The van der Waals surface area contributed by atoms with E-state index in [1.165, 1.54) is 10.1 Å². The number of rotatable bonds is 2. The summed E-state index contributed by atoms with van der Waals surface area (Å²) in [6.45, 7) is 0.579. The molecule has 0 atom stereocenters. The Balaban J connectivity index is 2.33. The topological polar surface area (TPSA) is 12.0 Å². The summed E-state index contributed by atoms with van der Waals surface area (Å²) in [4.78, 5) is 0. The van der Waals surface area contributed by atoms with Gasteiger partial charge in [-0.2, -0.15) is 0 Å². The lowest BCUT2D eigenvalue weighted by atomic mass is 10.2. The fourth-order valence-electron chi connectivity index (χ4n) is 1.23. The molecule has 0 aliphatic rings. The van der Waals surface area contributed by atoms with Crippen molar-refractivity contribution >= 4 is 27.1 Å². The van der Waals surface area contributed by atoms with Crippen molar-refractivity contribution in [1.82, 2.24) is 0 Å². The molecule has 0 saturated heterocycles. The first-order chi connectivity index (χ1) is 6.40. The predicted molar refractivity (Wildman–Crippen MR) is 59.1 cm³/mol. The van der Waals surface area contributed by atoms with E-state index in [2.05, 4.69) is 40.9 Å². The summed E-state index contributed by atoms with van der Waals surface area (Å²) < 4.78 is 1.31. The summed E-state index contributed by atoms with van der Waals surface area (Å²) in [6.07, 6.45) is 5.16. The SMILES string of the molecule is C#CCNc1ccc2sccc2c1. The number of benzene rings is 1. The van der Waals surface area contributed by atoms with Crippen molar-refractivity contribution in [3.8, 4) is 12.3 Å². The van der Waals surface area contributed by atoms with Crippen LogP contribution in [0.3, 0.4) is 0 Å². The van der Waals surface area contributed by atoms with Crippen molar-refractivity contribution in [2.45, 2.75) is 0 Å². The van der Waals surface area contributed by atoms with Gasteiger partial charge in [0.05, 0.1) is 6.54 Å². The zero-order valence-corrected chi connectivity index (χ0v) is 7.90. The van der Waals surface area contributed by atoms with Gasteiger partial charge in [0.15, 0.2) is 0 Å². The van der Waals surface area contributed by atoms with Gasteiger partial charge in [-0.3, -0.25) is 0 Å². The highest BCUT2D eigenvalue weighted by atomic mass is 32.1. The minimum Gasteiger partial charge on any atom is -0.374 e. The van der Waals surface area contributed by atoms with Crippen molar-refractivity contribution in [3.05, 3.63) is 29.6 Å². The molecular formula is C11H9NS. The molecule has 2 aromatic rings. The van der Waals surface area contributed by atoms with Gasteiger partial charge >= 0.3 is 0 Å². The molecule has 13 heavy (non-hydrogen) atoms. The van der Waals surface area contributed by atoms with Crippen molar-refractivity contribution in [1.29, 1.82) is 0 Å².